The topological polar surface area (TPSA) is 0 Å². The van der Waals surface area contributed by atoms with Gasteiger partial charge in [0.2, 0.25) is 0 Å². The molecule has 1 rings (SSSR count). The molecule has 0 heterocycles. The van der Waals surface area contributed by atoms with Gasteiger partial charge in [0.15, 0.2) is 0 Å². The van der Waals surface area contributed by atoms with Gasteiger partial charge in [0.05, 0.1) is 0 Å². The summed E-state index contributed by atoms with van der Waals surface area (Å²) in [7, 11) is 0. The van der Waals surface area contributed by atoms with Gasteiger partial charge in [-0.05, 0) is 60.4 Å². The Morgan fingerprint density at radius 2 is 1.11 bits per heavy atom. The first-order valence-corrected chi connectivity index (χ1v) is 14.2. The van der Waals surface area contributed by atoms with E-state index >= 15 is 0 Å². The third kappa shape index (κ3) is 12.5. The zero-order valence-corrected chi connectivity index (χ0v) is 20.9. The van der Waals surface area contributed by atoms with E-state index in [1.165, 1.54) is 117 Å². The SMILES string of the molecule is CCCCCCCCSCc1cc(C)c(C)c(CSCCCCCCCC)c1. The van der Waals surface area contributed by atoms with Crippen LogP contribution in [0, 0.1) is 13.8 Å². The molecule has 0 aromatic heterocycles. The molecule has 0 unspecified atom stereocenters. The number of thioether (sulfide) groups is 2. The molecule has 0 radical (unpaired) electrons. The summed E-state index contributed by atoms with van der Waals surface area (Å²) >= 11 is 4.26. The van der Waals surface area contributed by atoms with Crippen molar-refractivity contribution in [3.63, 3.8) is 0 Å². The van der Waals surface area contributed by atoms with Crippen LogP contribution in [-0.4, -0.2) is 11.5 Å². The lowest BCUT2D eigenvalue weighted by atomic mass is 10.0. The van der Waals surface area contributed by atoms with Crippen LogP contribution >= 0.6 is 23.5 Å². The van der Waals surface area contributed by atoms with Gasteiger partial charge in [0.25, 0.3) is 0 Å². The molecule has 28 heavy (non-hydrogen) atoms. The maximum absolute atomic E-state index is 2.49. The van der Waals surface area contributed by atoms with Gasteiger partial charge in [0, 0.05) is 11.5 Å². The Labute approximate surface area is 185 Å². The highest BCUT2D eigenvalue weighted by Crippen LogP contribution is 2.25. The quantitative estimate of drug-likeness (QED) is 0.216. The van der Waals surface area contributed by atoms with Crippen molar-refractivity contribution in [2.24, 2.45) is 0 Å². The van der Waals surface area contributed by atoms with Crippen LogP contribution in [0.25, 0.3) is 0 Å². The van der Waals surface area contributed by atoms with E-state index in [0.29, 0.717) is 0 Å². The van der Waals surface area contributed by atoms with Crippen molar-refractivity contribution in [2.75, 3.05) is 11.5 Å². The molecule has 0 aliphatic rings. The van der Waals surface area contributed by atoms with Crippen molar-refractivity contribution in [1.29, 1.82) is 0 Å². The van der Waals surface area contributed by atoms with Crippen molar-refractivity contribution < 1.29 is 0 Å². The van der Waals surface area contributed by atoms with Crippen molar-refractivity contribution in [3.8, 4) is 0 Å². The van der Waals surface area contributed by atoms with E-state index in [1.54, 1.807) is 5.56 Å². The van der Waals surface area contributed by atoms with Crippen LogP contribution in [0.1, 0.15) is 113 Å². The van der Waals surface area contributed by atoms with Crippen LogP contribution in [0.2, 0.25) is 0 Å². The smallest absolute Gasteiger partial charge is 0.0187 e. The highest BCUT2D eigenvalue weighted by Gasteiger charge is 2.05. The zero-order valence-electron chi connectivity index (χ0n) is 19.3. The summed E-state index contributed by atoms with van der Waals surface area (Å²) in [5.74, 6) is 5.02. The number of benzene rings is 1. The van der Waals surface area contributed by atoms with Gasteiger partial charge in [-0.2, -0.15) is 23.5 Å². The number of rotatable bonds is 18. The van der Waals surface area contributed by atoms with Crippen LogP contribution in [0.4, 0.5) is 0 Å². The van der Waals surface area contributed by atoms with E-state index in [-0.39, 0.29) is 0 Å². The van der Waals surface area contributed by atoms with Gasteiger partial charge in [-0.15, -0.1) is 0 Å². The van der Waals surface area contributed by atoms with Crippen LogP contribution in [0.3, 0.4) is 0 Å². The fraction of sp³-hybridized carbons (Fsp3) is 0.769. The summed E-state index contributed by atoms with van der Waals surface area (Å²) in [6, 6.07) is 4.91. The predicted molar refractivity (Wildman–Crippen MR) is 135 cm³/mol. The fourth-order valence-corrected chi connectivity index (χ4v) is 5.61. The maximum Gasteiger partial charge on any atom is 0.0187 e. The normalized spacial score (nSPS) is 11.3. The molecule has 2 heteroatoms. The maximum atomic E-state index is 2.49. The molecule has 1 aromatic rings. The lowest BCUT2D eigenvalue weighted by Crippen LogP contribution is -1.95. The second-order valence-electron chi connectivity index (χ2n) is 8.34. The monoisotopic (exact) mass is 422 g/mol. The standard InChI is InChI=1S/C26H46S2/c1-5-7-9-11-13-15-17-27-21-25-19-23(3)24(4)26(20-25)22-28-18-16-14-12-10-8-6-2/h19-20H,5-18,21-22H2,1-4H3. The van der Waals surface area contributed by atoms with Crippen molar-refractivity contribution in [1.82, 2.24) is 0 Å². The van der Waals surface area contributed by atoms with E-state index < -0.39 is 0 Å². The van der Waals surface area contributed by atoms with E-state index in [1.807, 2.05) is 0 Å². The molecule has 0 aliphatic heterocycles. The first-order chi connectivity index (χ1) is 13.7. The molecule has 0 nitrogen and oxygen atoms in total. The molecular formula is C26H46S2. The highest BCUT2D eigenvalue weighted by molar-refractivity contribution is 7.98. The Morgan fingerprint density at radius 3 is 1.68 bits per heavy atom. The molecule has 0 fully saturated rings. The second kappa shape index (κ2) is 17.8. The lowest BCUT2D eigenvalue weighted by Gasteiger charge is -2.12. The van der Waals surface area contributed by atoms with Crippen LogP contribution < -0.4 is 0 Å². The third-order valence-corrected chi connectivity index (χ3v) is 7.85. The molecule has 0 saturated heterocycles. The minimum atomic E-state index is 1.19. The molecule has 0 aliphatic carbocycles. The van der Waals surface area contributed by atoms with Gasteiger partial charge in [-0.25, -0.2) is 0 Å². The van der Waals surface area contributed by atoms with Crippen LogP contribution in [0.15, 0.2) is 12.1 Å². The van der Waals surface area contributed by atoms with E-state index in [0.717, 1.165) is 0 Å². The van der Waals surface area contributed by atoms with Crippen molar-refractivity contribution in [3.05, 3.63) is 34.4 Å². The predicted octanol–water partition coefficient (Wildman–Crippen LogP) is 9.49. The molecule has 0 atom stereocenters. The Hall–Kier alpha value is -0.0800. The Morgan fingerprint density at radius 1 is 0.607 bits per heavy atom. The number of unbranched alkanes of at least 4 members (excludes halogenated alkanes) is 10. The highest BCUT2D eigenvalue weighted by atomic mass is 32.2. The fourth-order valence-electron chi connectivity index (χ4n) is 3.59. The van der Waals surface area contributed by atoms with Gasteiger partial charge in [-0.1, -0.05) is 90.2 Å². The summed E-state index contributed by atoms with van der Waals surface area (Å²) in [6.45, 7) is 9.19. The molecule has 0 spiro atoms. The zero-order chi connectivity index (χ0) is 20.5. The molecule has 0 amide bonds. The molecule has 0 bridgehead atoms. The summed E-state index contributed by atoms with van der Waals surface area (Å²) in [6.07, 6.45) is 16.8. The van der Waals surface area contributed by atoms with E-state index in [4.69, 9.17) is 0 Å². The average molecular weight is 423 g/mol. The minimum Gasteiger partial charge on any atom is -0.157 e. The summed E-state index contributed by atoms with van der Waals surface area (Å²) in [5.41, 5.74) is 6.10. The Bertz CT molecular complexity index is 495. The Balaban J connectivity index is 2.25. The van der Waals surface area contributed by atoms with Crippen LogP contribution in [0.5, 0.6) is 0 Å². The first kappa shape index (κ1) is 26.0. The number of aryl methyl sites for hydroxylation is 1. The first-order valence-electron chi connectivity index (χ1n) is 11.9. The second-order valence-corrected chi connectivity index (χ2v) is 10.5. The van der Waals surface area contributed by atoms with E-state index in [9.17, 15) is 0 Å². The molecule has 1 aromatic carbocycles. The van der Waals surface area contributed by atoms with Gasteiger partial charge in [0.1, 0.15) is 0 Å². The number of hydrogen-bond donors (Lipinski definition) is 0. The molecule has 162 valence electrons. The molecular weight excluding hydrogens is 376 g/mol. The van der Waals surface area contributed by atoms with Gasteiger partial charge in [-0.3, -0.25) is 0 Å². The average Bonchev–Trinajstić information content (AvgIpc) is 2.69. The van der Waals surface area contributed by atoms with Gasteiger partial charge < -0.3 is 0 Å². The largest absolute Gasteiger partial charge is 0.157 e. The van der Waals surface area contributed by atoms with Crippen LogP contribution in [-0.2, 0) is 11.5 Å². The van der Waals surface area contributed by atoms with Crippen molar-refractivity contribution >= 4 is 23.5 Å². The lowest BCUT2D eigenvalue weighted by molar-refractivity contribution is 0.627. The summed E-state index contributed by atoms with van der Waals surface area (Å²) in [5, 5.41) is 0. The Kier molecular flexibility index (Phi) is 16.5. The summed E-state index contributed by atoms with van der Waals surface area (Å²) in [4.78, 5) is 0. The number of hydrogen-bond acceptors (Lipinski definition) is 2. The minimum absolute atomic E-state index is 1.19. The third-order valence-electron chi connectivity index (χ3n) is 5.65. The summed E-state index contributed by atoms with van der Waals surface area (Å²) < 4.78 is 0. The molecule has 0 saturated carbocycles. The van der Waals surface area contributed by atoms with Crippen molar-refractivity contribution in [2.45, 2.75) is 116 Å². The van der Waals surface area contributed by atoms with E-state index in [2.05, 4.69) is 63.4 Å². The molecule has 0 N–H and O–H groups in total. The van der Waals surface area contributed by atoms with Gasteiger partial charge >= 0.3 is 0 Å².